The van der Waals surface area contributed by atoms with Crippen LogP contribution in [0.15, 0.2) is 90.7 Å². The number of ether oxygens (including phenoxy) is 4. The molecule has 368 valence electrons. The fourth-order valence-corrected chi connectivity index (χ4v) is 6.98. The Hall–Kier alpha value is -7.68. The van der Waals surface area contributed by atoms with Crippen molar-refractivity contribution in [1.29, 1.82) is 5.41 Å². The molecule has 0 saturated heterocycles. The number of alkyl halides is 6. The van der Waals surface area contributed by atoms with Gasteiger partial charge in [-0.25, -0.2) is 9.97 Å². The Morgan fingerprint density at radius 2 is 1.04 bits per heavy atom. The molecule has 0 amide bonds. The molecule has 0 saturated carbocycles. The van der Waals surface area contributed by atoms with Gasteiger partial charge in [-0.3, -0.25) is 23.7 Å². The van der Waals surface area contributed by atoms with Crippen molar-refractivity contribution in [3.8, 4) is 34.4 Å². The van der Waals surface area contributed by atoms with Gasteiger partial charge >= 0.3 is 12.4 Å². The van der Waals surface area contributed by atoms with Crippen LogP contribution in [0.1, 0.15) is 71.4 Å². The average molecular weight is 966 g/mol. The Bertz CT molecular complexity index is 2830. The van der Waals surface area contributed by atoms with E-state index < -0.39 is 49.6 Å². The Morgan fingerprint density at radius 1 is 0.667 bits per heavy atom. The van der Waals surface area contributed by atoms with Gasteiger partial charge in [-0.1, -0.05) is 26.0 Å². The number of hydrogen-bond donors (Lipinski definition) is 4. The molecule has 0 radical (unpaired) electrons. The summed E-state index contributed by atoms with van der Waals surface area (Å²) in [5.41, 5.74) is 18.1. The number of allylic oxidation sites excluding steroid dienone is 2. The van der Waals surface area contributed by atoms with Crippen molar-refractivity contribution in [3.63, 3.8) is 0 Å². The van der Waals surface area contributed by atoms with Crippen LogP contribution < -0.4 is 36.6 Å². The first-order chi connectivity index (χ1) is 32.3. The number of benzene rings is 4. The fourth-order valence-electron chi connectivity index (χ4n) is 6.98. The van der Waals surface area contributed by atoms with Crippen LogP contribution in [0.2, 0.25) is 0 Å². The van der Waals surface area contributed by atoms with E-state index in [9.17, 15) is 35.9 Å². The smallest absolute Gasteiger partial charge is 0.389 e. The van der Waals surface area contributed by atoms with E-state index in [1.165, 1.54) is 40.8 Å². The molecule has 2 heterocycles. The lowest BCUT2D eigenvalue weighted by Gasteiger charge is -2.16. The average Bonchev–Trinajstić information content (AvgIpc) is 3.94. The van der Waals surface area contributed by atoms with Gasteiger partial charge < -0.3 is 42.0 Å². The molecule has 0 unspecified atom stereocenters. The molecule has 21 heteroatoms. The van der Waals surface area contributed by atoms with E-state index in [1.807, 2.05) is 18.2 Å². The maximum Gasteiger partial charge on any atom is 0.389 e. The van der Waals surface area contributed by atoms with Crippen LogP contribution in [-0.4, -0.2) is 90.4 Å². The molecular formula is C48H53F6N9O6. The Morgan fingerprint density at radius 3 is 1.36 bits per heavy atom. The second-order valence-corrected chi connectivity index (χ2v) is 15.4. The molecule has 6 aromatic rings. The molecule has 0 spiro atoms. The summed E-state index contributed by atoms with van der Waals surface area (Å²) >= 11 is 0. The minimum atomic E-state index is -4.44. The van der Waals surface area contributed by atoms with E-state index in [0.717, 1.165) is 33.9 Å². The summed E-state index contributed by atoms with van der Waals surface area (Å²) in [7, 11) is 5.35. The maximum atomic E-state index is 12.6. The molecule has 0 aliphatic carbocycles. The zero-order chi connectivity index (χ0) is 49.9. The van der Waals surface area contributed by atoms with Gasteiger partial charge in [0, 0.05) is 79.6 Å². The lowest BCUT2D eigenvalue weighted by molar-refractivity contribution is -0.134. The summed E-state index contributed by atoms with van der Waals surface area (Å²) in [6, 6.07) is 17.2. The van der Waals surface area contributed by atoms with Crippen molar-refractivity contribution in [2.24, 2.45) is 22.4 Å². The second-order valence-electron chi connectivity index (χ2n) is 15.4. The first-order valence-corrected chi connectivity index (χ1v) is 20.8. The number of methoxy groups -OCH3 is 4. The monoisotopic (exact) mass is 965 g/mol. The van der Waals surface area contributed by atoms with Crippen LogP contribution in [0.25, 0.3) is 44.6 Å². The standard InChI is InChI=1S/C26H29F3N4O3.C22H21F3N4O3.H3N/c1-16(2)13-31-14-18(12-30)17-5-6-21-20(9-17)32-15-33(21)19-10-23(35-3)25(24(11-19)36-4)22(34)7-8-26(27,28)29;1-31-19-8-15(9-20(32-2)21(19)18(30)5-6-22(23,24)25)29-12-28-16-7-13(3-4-17(16)29)14(10-26)11-27;/h5-6,9-12,14-16H,7-8,13,30H2,1-4H3;3-4,7-12,26H,5-6,27H2,1-2H3;1H3/b;14-11+,26-10?;. The van der Waals surface area contributed by atoms with Gasteiger partial charge in [0.15, 0.2) is 11.6 Å². The molecule has 2 aromatic heterocycles. The number of fused-ring (bicyclic) bond motifs is 2. The number of Topliss-reactive ketones (excluding diaryl/α,β-unsaturated/α-hetero) is 2. The molecule has 0 aliphatic rings. The summed E-state index contributed by atoms with van der Waals surface area (Å²) in [4.78, 5) is 38.4. The number of carbonyl (C=O) groups excluding carboxylic acids is 2. The van der Waals surface area contributed by atoms with Crippen molar-refractivity contribution in [3.05, 3.63) is 108 Å². The SMILES string of the molecule is COc1cc(-n2cnc3cc(/C(C=N)=C/N)ccc32)cc(OC)c1C(=O)CCC(F)(F)F.COc1cc(-n2cnc3cc(C(C=NCC(C)C)=CN)ccc32)cc(OC)c1C(=O)CCC(F)(F)F.N. The number of ketones is 2. The number of halogens is 6. The Kier molecular flexibility index (Phi) is 18.3. The van der Waals surface area contributed by atoms with E-state index in [1.54, 1.807) is 70.5 Å². The molecule has 15 nitrogen and oxygen atoms in total. The predicted octanol–water partition coefficient (Wildman–Crippen LogP) is 10.3. The highest BCUT2D eigenvalue weighted by Gasteiger charge is 2.31. The summed E-state index contributed by atoms with van der Waals surface area (Å²) in [5, 5.41) is 7.44. The normalized spacial score (nSPS) is 12.2. The topological polar surface area (TPSA) is 230 Å². The minimum absolute atomic E-state index is 0. The second kappa shape index (κ2) is 23.4. The van der Waals surface area contributed by atoms with E-state index in [0.29, 0.717) is 40.4 Å². The molecule has 6 rings (SSSR count). The summed E-state index contributed by atoms with van der Waals surface area (Å²) in [6.07, 6.45) is -3.90. The number of nitrogens with two attached hydrogens (primary N) is 2. The number of nitrogens with one attached hydrogen (secondary N) is 1. The largest absolute Gasteiger partial charge is 0.496 e. The summed E-state index contributed by atoms with van der Waals surface area (Å²) in [6.45, 7) is 4.85. The lowest BCUT2D eigenvalue weighted by atomic mass is 10.0. The Labute approximate surface area is 393 Å². The summed E-state index contributed by atoms with van der Waals surface area (Å²) < 4.78 is 100. The first kappa shape index (κ1) is 53.9. The van der Waals surface area contributed by atoms with Gasteiger partial charge in [0.25, 0.3) is 0 Å². The summed E-state index contributed by atoms with van der Waals surface area (Å²) in [5.74, 6) is -0.583. The van der Waals surface area contributed by atoms with Crippen LogP contribution in [0.5, 0.6) is 23.0 Å². The van der Waals surface area contributed by atoms with Gasteiger partial charge in [-0.2, -0.15) is 26.3 Å². The zero-order valence-electron chi connectivity index (χ0n) is 38.7. The number of rotatable bonds is 18. The van der Waals surface area contributed by atoms with E-state index in [-0.39, 0.29) is 40.3 Å². The number of imidazole rings is 2. The van der Waals surface area contributed by atoms with Crippen LogP contribution >= 0.6 is 0 Å². The Balaban J connectivity index is 0.000000298. The van der Waals surface area contributed by atoms with E-state index in [4.69, 9.17) is 35.8 Å². The molecule has 0 bridgehead atoms. The van der Waals surface area contributed by atoms with Crippen molar-refractivity contribution in [2.75, 3.05) is 35.0 Å². The van der Waals surface area contributed by atoms with E-state index >= 15 is 0 Å². The highest BCUT2D eigenvalue weighted by atomic mass is 19.4. The van der Waals surface area contributed by atoms with Crippen LogP contribution in [0.3, 0.4) is 0 Å². The van der Waals surface area contributed by atoms with E-state index in [2.05, 4.69) is 28.8 Å². The molecule has 8 N–H and O–H groups in total. The molecule has 69 heavy (non-hydrogen) atoms. The minimum Gasteiger partial charge on any atom is -0.496 e. The van der Waals surface area contributed by atoms with Crippen LogP contribution in [0, 0.1) is 11.3 Å². The van der Waals surface area contributed by atoms with Gasteiger partial charge in [-0.15, -0.1) is 0 Å². The molecule has 0 fully saturated rings. The third-order valence-electron chi connectivity index (χ3n) is 10.3. The third-order valence-corrected chi connectivity index (χ3v) is 10.3. The van der Waals surface area contributed by atoms with Crippen LogP contribution in [0.4, 0.5) is 26.3 Å². The number of carbonyl (C=O) groups is 2. The van der Waals surface area contributed by atoms with Gasteiger partial charge in [-0.05, 0) is 41.3 Å². The highest BCUT2D eigenvalue weighted by Crippen LogP contribution is 2.38. The maximum absolute atomic E-state index is 12.6. The predicted molar refractivity (Wildman–Crippen MR) is 254 cm³/mol. The fraction of sp³-hybridized carbons (Fsp3) is 0.292. The zero-order valence-corrected chi connectivity index (χ0v) is 38.7. The first-order valence-electron chi connectivity index (χ1n) is 20.8. The molecule has 0 aliphatic heterocycles. The number of nitrogens with zero attached hydrogens (tertiary/aromatic N) is 5. The van der Waals surface area contributed by atoms with Gasteiger partial charge in [0.2, 0.25) is 0 Å². The third kappa shape index (κ3) is 13.3. The van der Waals surface area contributed by atoms with Crippen molar-refractivity contribution >= 4 is 57.2 Å². The molecular weight excluding hydrogens is 913 g/mol. The molecule has 4 aromatic carbocycles. The number of hydrogen-bond acceptors (Lipinski definition) is 13. The molecule has 0 atom stereocenters. The highest BCUT2D eigenvalue weighted by molar-refractivity contribution is 6.11. The van der Waals surface area contributed by atoms with Crippen molar-refractivity contribution in [2.45, 2.75) is 51.9 Å². The number of aromatic nitrogens is 4. The van der Waals surface area contributed by atoms with Gasteiger partial charge in [0.05, 0.1) is 74.7 Å². The quantitative estimate of drug-likeness (QED) is 0.0360. The number of aliphatic imine (C=N–C) groups is 1. The van der Waals surface area contributed by atoms with Crippen molar-refractivity contribution < 1.29 is 54.9 Å². The van der Waals surface area contributed by atoms with Gasteiger partial charge in [0.1, 0.15) is 46.8 Å². The van der Waals surface area contributed by atoms with Crippen molar-refractivity contribution in [1.82, 2.24) is 25.3 Å². The van der Waals surface area contributed by atoms with Crippen LogP contribution in [-0.2, 0) is 0 Å². The lowest BCUT2D eigenvalue weighted by Crippen LogP contribution is -2.13.